The van der Waals surface area contributed by atoms with Crippen molar-refractivity contribution in [1.29, 1.82) is 0 Å². The molecule has 0 radical (unpaired) electrons. The number of hydrogen-bond donors (Lipinski definition) is 1. The largest absolute Gasteiger partial charge is 0.311 e. The minimum Gasteiger partial charge on any atom is -0.311 e. The molecule has 3 aromatic rings. The Labute approximate surface area is 182 Å². The highest BCUT2D eigenvalue weighted by atomic mass is 35.5. The second kappa shape index (κ2) is 8.30. The van der Waals surface area contributed by atoms with Gasteiger partial charge in [-0.2, -0.15) is 5.10 Å². The van der Waals surface area contributed by atoms with Crippen LogP contribution < -0.4 is 5.32 Å². The molecule has 1 N–H and O–H groups in total. The molecule has 2 heterocycles. The molecule has 152 valence electrons. The number of nitrogens with zero attached hydrogens (tertiary/aromatic N) is 3. The highest BCUT2D eigenvalue weighted by molar-refractivity contribution is 6.36. The second-order valence-electron chi connectivity index (χ2n) is 6.68. The van der Waals surface area contributed by atoms with Crippen molar-refractivity contribution in [1.82, 2.24) is 14.7 Å². The Kier molecular flexibility index (Phi) is 5.57. The fourth-order valence-electron chi connectivity index (χ4n) is 3.26. The van der Waals surface area contributed by atoms with Gasteiger partial charge >= 0.3 is 0 Å². The molecular formula is C21H16Cl2N4O3. The lowest BCUT2D eigenvalue weighted by Crippen LogP contribution is -2.33. The van der Waals surface area contributed by atoms with Gasteiger partial charge in [0.2, 0.25) is 5.91 Å². The van der Waals surface area contributed by atoms with Gasteiger partial charge in [0.05, 0.1) is 23.9 Å². The zero-order chi connectivity index (χ0) is 21.3. The number of anilines is 1. The quantitative estimate of drug-likeness (QED) is 0.587. The minimum atomic E-state index is -0.387. The van der Waals surface area contributed by atoms with Gasteiger partial charge in [-0.25, -0.2) is 4.68 Å². The molecule has 1 aromatic heterocycles. The van der Waals surface area contributed by atoms with Gasteiger partial charge in [0.15, 0.2) is 0 Å². The molecule has 4 rings (SSSR count). The van der Waals surface area contributed by atoms with Crippen LogP contribution in [0.5, 0.6) is 0 Å². The van der Waals surface area contributed by atoms with Crippen LogP contribution in [0.25, 0.3) is 0 Å². The van der Waals surface area contributed by atoms with E-state index in [1.165, 1.54) is 0 Å². The molecule has 0 spiro atoms. The van der Waals surface area contributed by atoms with E-state index in [9.17, 15) is 14.4 Å². The number of aromatic nitrogens is 2. The molecule has 0 saturated carbocycles. The summed E-state index contributed by atoms with van der Waals surface area (Å²) in [6.07, 6.45) is 1.51. The monoisotopic (exact) mass is 442 g/mol. The molecule has 1 aliphatic heterocycles. The van der Waals surface area contributed by atoms with Crippen LogP contribution in [0, 0.1) is 0 Å². The number of carbonyl (C=O) groups is 3. The number of rotatable bonds is 6. The van der Waals surface area contributed by atoms with Crippen LogP contribution in [0.15, 0.2) is 54.7 Å². The fourth-order valence-corrected chi connectivity index (χ4v) is 3.78. The number of imide groups is 1. The van der Waals surface area contributed by atoms with Crippen LogP contribution >= 0.6 is 23.2 Å². The average molecular weight is 443 g/mol. The van der Waals surface area contributed by atoms with Crippen molar-refractivity contribution in [2.24, 2.45) is 0 Å². The highest BCUT2D eigenvalue weighted by Gasteiger charge is 2.35. The summed E-state index contributed by atoms with van der Waals surface area (Å²) in [6.45, 7) is 0.266. The summed E-state index contributed by atoms with van der Waals surface area (Å²) in [4.78, 5) is 38.3. The summed E-state index contributed by atoms with van der Waals surface area (Å²) in [5, 5.41) is 7.95. The van der Waals surface area contributed by atoms with Crippen molar-refractivity contribution >= 4 is 46.7 Å². The predicted octanol–water partition coefficient (Wildman–Crippen LogP) is 3.86. The Morgan fingerprint density at radius 1 is 0.933 bits per heavy atom. The molecule has 2 aromatic carbocycles. The first-order valence-electron chi connectivity index (χ1n) is 9.15. The molecule has 3 amide bonds. The number of carbonyl (C=O) groups excluding carboxylic acids is 3. The topological polar surface area (TPSA) is 84.3 Å². The van der Waals surface area contributed by atoms with E-state index in [2.05, 4.69) is 10.4 Å². The molecule has 0 saturated heterocycles. The maximum Gasteiger partial charge on any atom is 0.261 e. The minimum absolute atomic E-state index is 0.0113. The van der Waals surface area contributed by atoms with E-state index in [-0.39, 0.29) is 37.2 Å². The molecule has 0 fully saturated rings. The summed E-state index contributed by atoms with van der Waals surface area (Å²) >= 11 is 12.4. The summed E-state index contributed by atoms with van der Waals surface area (Å²) < 4.78 is 1.56. The Bertz CT molecular complexity index is 1100. The van der Waals surface area contributed by atoms with Crippen LogP contribution in [-0.4, -0.2) is 38.9 Å². The molecule has 0 atom stereocenters. The van der Waals surface area contributed by atoms with Crippen molar-refractivity contribution in [3.63, 3.8) is 0 Å². The van der Waals surface area contributed by atoms with Gasteiger partial charge in [-0.05, 0) is 24.3 Å². The Morgan fingerprint density at radius 3 is 2.20 bits per heavy atom. The van der Waals surface area contributed by atoms with E-state index in [0.29, 0.717) is 32.6 Å². The van der Waals surface area contributed by atoms with Gasteiger partial charge < -0.3 is 5.32 Å². The van der Waals surface area contributed by atoms with E-state index in [1.54, 1.807) is 59.4 Å². The molecular weight excluding hydrogens is 427 g/mol. The van der Waals surface area contributed by atoms with Crippen LogP contribution in [0.2, 0.25) is 10.0 Å². The maximum atomic E-state index is 12.4. The SMILES string of the molecule is O=C(CCN1C(=O)c2ccccc2C1=O)Nc1ccnn1Cc1c(Cl)cccc1Cl. The molecule has 0 bridgehead atoms. The lowest BCUT2D eigenvalue weighted by atomic mass is 10.1. The summed E-state index contributed by atoms with van der Waals surface area (Å²) in [7, 11) is 0. The number of benzene rings is 2. The standard InChI is InChI=1S/C21H16Cl2N4O3/c22-16-6-3-7-17(23)15(16)12-27-18(8-10-24-27)25-19(28)9-11-26-20(29)13-4-1-2-5-14(13)21(26)30/h1-8,10H,9,11-12H2,(H,25,28). The Balaban J connectivity index is 1.40. The summed E-state index contributed by atoms with van der Waals surface area (Å²) in [5.41, 5.74) is 1.40. The van der Waals surface area contributed by atoms with Gasteiger partial charge in [-0.3, -0.25) is 19.3 Å². The molecule has 9 heteroatoms. The molecule has 30 heavy (non-hydrogen) atoms. The van der Waals surface area contributed by atoms with Crippen LogP contribution in [0.4, 0.5) is 5.82 Å². The summed E-state index contributed by atoms with van der Waals surface area (Å²) in [6, 6.07) is 13.5. The zero-order valence-electron chi connectivity index (χ0n) is 15.6. The second-order valence-corrected chi connectivity index (χ2v) is 7.49. The van der Waals surface area contributed by atoms with Crippen LogP contribution in [0.1, 0.15) is 32.7 Å². The van der Waals surface area contributed by atoms with Crippen molar-refractivity contribution in [3.05, 3.63) is 81.5 Å². The van der Waals surface area contributed by atoms with E-state index >= 15 is 0 Å². The van der Waals surface area contributed by atoms with E-state index < -0.39 is 0 Å². The number of hydrogen-bond acceptors (Lipinski definition) is 4. The number of nitrogens with one attached hydrogen (secondary N) is 1. The molecule has 7 nitrogen and oxygen atoms in total. The molecule has 0 aliphatic carbocycles. The third-order valence-corrected chi connectivity index (χ3v) is 5.50. The number of amides is 3. The zero-order valence-corrected chi connectivity index (χ0v) is 17.2. The van der Waals surface area contributed by atoms with E-state index in [4.69, 9.17) is 23.2 Å². The van der Waals surface area contributed by atoms with Gasteiger partial charge in [0.1, 0.15) is 5.82 Å². The smallest absolute Gasteiger partial charge is 0.261 e. The first kappa shape index (κ1) is 20.1. The third-order valence-electron chi connectivity index (χ3n) is 4.79. The van der Waals surface area contributed by atoms with Crippen molar-refractivity contribution in [2.45, 2.75) is 13.0 Å². The van der Waals surface area contributed by atoms with Crippen LogP contribution in [-0.2, 0) is 11.3 Å². The third kappa shape index (κ3) is 3.81. The summed E-state index contributed by atoms with van der Waals surface area (Å²) in [5.74, 6) is -0.666. The van der Waals surface area contributed by atoms with Gasteiger partial charge in [-0.1, -0.05) is 41.4 Å². The fraction of sp³-hybridized carbons (Fsp3) is 0.143. The normalized spacial score (nSPS) is 12.9. The Morgan fingerprint density at radius 2 is 1.57 bits per heavy atom. The van der Waals surface area contributed by atoms with Crippen LogP contribution in [0.3, 0.4) is 0 Å². The van der Waals surface area contributed by atoms with Gasteiger partial charge in [0, 0.05) is 34.6 Å². The van der Waals surface area contributed by atoms with Crippen molar-refractivity contribution in [3.8, 4) is 0 Å². The lowest BCUT2D eigenvalue weighted by molar-refractivity contribution is -0.116. The number of fused-ring (bicyclic) bond motifs is 1. The Hall–Kier alpha value is -3.16. The predicted molar refractivity (Wildman–Crippen MR) is 113 cm³/mol. The highest BCUT2D eigenvalue weighted by Crippen LogP contribution is 2.26. The average Bonchev–Trinajstić information content (AvgIpc) is 3.26. The van der Waals surface area contributed by atoms with Gasteiger partial charge in [-0.15, -0.1) is 0 Å². The van der Waals surface area contributed by atoms with Gasteiger partial charge in [0.25, 0.3) is 11.8 Å². The number of halogens is 2. The first-order chi connectivity index (χ1) is 14.5. The lowest BCUT2D eigenvalue weighted by Gasteiger charge is -2.14. The maximum absolute atomic E-state index is 12.4. The first-order valence-corrected chi connectivity index (χ1v) is 9.91. The van der Waals surface area contributed by atoms with Crippen molar-refractivity contribution < 1.29 is 14.4 Å². The molecule has 0 unspecified atom stereocenters. The van der Waals surface area contributed by atoms with E-state index in [0.717, 1.165) is 4.90 Å². The molecule has 1 aliphatic rings. The van der Waals surface area contributed by atoms with E-state index in [1.807, 2.05) is 0 Å². The van der Waals surface area contributed by atoms with Crippen molar-refractivity contribution in [2.75, 3.05) is 11.9 Å².